The predicted octanol–water partition coefficient (Wildman–Crippen LogP) is 3.99. The van der Waals surface area contributed by atoms with Gasteiger partial charge in [0.1, 0.15) is 5.75 Å². The molecular formula is C28H30N2O4. The molecule has 2 amide bonds. The van der Waals surface area contributed by atoms with Gasteiger partial charge < -0.3 is 9.84 Å². The molecule has 2 aromatic rings. The van der Waals surface area contributed by atoms with Crippen LogP contribution < -0.4 is 4.74 Å². The van der Waals surface area contributed by atoms with Crippen LogP contribution in [0.4, 0.5) is 0 Å². The van der Waals surface area contributed by atoms with Crippen molar-refractivity contribution in [2.24, 2.45) is 0 Å². The Hall–Kier alpha value is -3.48. The van der Waals surface area contributed by atoms with E-state index in [-0.39, 0.29) is 24.4 Å². The highest BCUT2D eigenvalue weighted by atomic mass is 16.5. The van der Waals surface area contributed by atoms with Gasteiger partial charge in [-0.05, 0) is 48.2 Å². The number of β-amino-alcohol motifs (C(OH)–C–C–N with tert-alkyl or cyclic N) is 1. The van der Waals surface area contributed by atoms with E-state index in [4.69, 9.17) is 4.74 Å². The molecule has 34 heavy (non-hydrogen) atoms. The molecule has 2 aromatic carbocycles. The van der Waals surface area contributed by atoms with Crippen LogP contribution in [-0.2, 0) is 6.54 Å². The van der Waals surface area contributed by atoms with E-state index in [9.17, 15) is 14.7 Å². The molecule has 1 aliphatic carbocycles. The largest absolute Gasteiger partial charge is 0.497 e. The van der Waals surface area contributed by atoms with E-state index >= 15 is 0 Å². The highest BCUT2D eigenvalue weighted by Gasteiger charge is 2.37. The third-order valence-electron chi connectivity index (χ3n) is 6.49. The van der Waals surface area contributed by atoms with E-state index in [1.165, 1.54) is 0 Å². The topological polar surface area (TPSA) is 70.1 Å². The quantitative estimate of drug-likeness (QED) is 0.576. The average Bonchev–Trinajstić information content (AvgIpc) is 3.32. The third kappa shape index (κ3) is 4.88. The normalized spacial score (nSPS) is 19.7. The Bertz CT molecular complexity index is 1100. The molecule has 1 heterocycles. The minimum atomic E-state index is -0.888. The van der Waals surface area contributed by atoms with Crippen molar-refractivity contribution >= 4 is 11.8 Å². The minimum Gasteiger partial charge on any atom is -0.497 e. The molecule has 1 fully saturated rings. The molecule has 6 nitrogen and oxygen atoms in total. The Labute approximate surface area is 200 Å². The number of rotatable bonds is 9. The average molecular weight is 459 g/mol. The molecule has 176 valence electrons. The lowest BCUT2D eigenvalue weighted by Gasteiger charge is -2.31. The fourth-order valence-electron chi connectivity index (χ4n) is 4.72. The van der Waals surface area contributed by atoms with E-state index < -0.39 is 6.10 Å². The first-order valence-electron chi connectivity index (χ1n) is 11.4. The first-order chi connectivity index (χ1) is 16.4. The summed E-state index contributed by atoms with van der Waals surface area (Å²) in [5.74, 6) is 0.0741. The smallest absolute Gasteiger partial charge is 0.261 e. The summed E-state index contributed by atoms with van der Waals surface area (Å²) in [7, 11) is 1.63. The van der Waals surface area contributed by atoms with Gasteiger partial charge in [0.05, 0.1) is 30.9 Å². The van der Waals surface area contributed by atoms with Crippen molar-refractivity contribution in [3.05, 3.63) is 102 Å². The van der Waals surface area contributed by atoms with E-state index in [0.717, 1.165) is 40.2 Å². The number of carbonyl (C=O) groups excluding carboxylic acids is 2. The summed E-state index contributed by atoms with van der Waals surface area (Å²) in [5, 5.41) is 11.0. The van der Waals surface area contributed by atoms with Gasteiger partial charge >= 0.3 is 0 Å². The number of hydrogen-bond acceptors (Lipinski definition) is 5. The van der Waals surface area contributed by atoms with E-state index in [0.29, 0.717) is 24.2 Å². The summed E-state index contributed by atoms with van der Waals surface area (Å²) in [6.07, 6.45) is 4.47. The molecule has 2 unspecified atom stereocenters. The number of aliphatic hydroxyl groups excluding tert-OH is 1. The van der Waals surface area contributed by atoms with Gasteiger partial charge in [0.25, 0.3) is 11.8 Å². The highest BCUT2D eigenvalue weighted by molar-refractivity contribution is 6.21. The third-order valence-corrected chi connectivity index (χ3v) is 6.49. The Kier molecular flexibility index (Phi) is 7.10. The molecule has 0 saturated heterocycles. The second kappa shape index (κ2) is 10.2. The first-order valence-corrected chi connectivity index (χ1v) is 11.4. The predicted molar refractivity (Wildman–Crippen MR) is 132 cm³/mol. The van der Waals surface area contributed by atoms with Gasteiger partial charge in [0.2, 0.25) is 0 Å². The van der Waals surface area contributed by atoms with Gasteiger partial charge in [-0.2, -0.15) is 0 Å². The monoisotopic (exact) mass is 458 g/mol. The molecule has 1 saturated carbocycles. The number of hydrogen-bond donors (Lipinski definition) is 1. The van der Waals surface area contributed by atoms with Crippen LogP contribution in [0.1, 0.15) is 39.1 Å². The summed E-state index contributed by atoms with van der Waals surface area (Å²) in [6, 6.07) is 14.8. The number of allylic oxidation sites excluding steroid dienone is 2. The number of methoxy groups -OCH3 is 1. The molecule has 0 radical (unpaired) electrons. The van der Waals surface area contributed by atoms with Crippen molar-refractivity contribution < 1.29 is 19.4 Å². The van der Waals surface area contributed by atoms with Crippen LogP contribution in [0, 0.1) is 0 Å². The summed E-state index contributed by atoms with van der Waals surface area (Å²) >= 11 is 0. The van der Waals surface area contributed by atoms with Gasteiger partial charge in [-0.1, -0.05) is 55.1 Å². The fourth-order valence-corrected chi connectivity index (χ4v) is 4.72. The lowest BCUT2D eigenvalue weighted by Crippen LogP contribution is -2.45. The molecule has 1 N–H and O–H groups in total. The van der Waals surface area contributed by atoms with Gasteiger partial charge in [-0.3, -0.25) is 19.4 Å². The van der Waals surface area contributed by atoms with E-state index in [1.807, 2.05) is 30.3 Å². The molecule has 0 bridgehead atoms. The van der Waals surface area contributed by atoms with Crippen LogP contribution >= 0.6 is 0 Å². The molecule has 0 aromatic heterocycles. The molecule has 0 spiro atoms. The number of ether oxygens (including phenoxy) is 1. The van der Waals surface area contributed by atoms with Crippen LogP contribution in [-0.4, -0.2) is 59.1 Å². The second-order valence-corrected chi connectivity index (χ2v) is 8.79. The standard InChI is InChI=1S/C28H30N2O4/c1-4-7-21-15-22(14-19(21)2)29(16-20-10-12-24(34-3)13-11-20)17-23(31)18-30-27(32)25-8-5-6-9-26(25)28(30)33/h4-13,22-23,31H,1-2,14-18H2,3H3/b21-7-. The van der Waals surface area contributed by atoms with E-state index in [1.54, 1.807) is 37.5 Å². The van der Waals surface area contributed by atoms with Crippen LogP contribution in [0.2, 0.25) is 0 Å². The van der Waals surface area contributed by atoms with Gasteiger partial charge in [0, 0.05) is 19.1 Å². The number of amides is 2. The lowest BCUT2D eigenvalue weighted by atomic mass is 10.1. The molecule has 6 heteroatoms. The van der Waals surface area contributed by atoms with Gasteiger partial charge in [-0.15, -0.1) is 0 Å². The number of imide groups is 1. The summed E-state index contributed by atoms with van der Waals surface area (Å²) < 4.78 is 5.26. The Morgan fingerprint density at radius 3 is 2.35 bits per heavy atom. The summed E-state index contributed by atoms with van der Waals surface area (Å²) in [6.45, 7) is 8.88. The van der Waals surface area contributed by atoms with Crippen molar-refractivity contribution in [1.82, 2.24) is 9.80 Å². The van der Waals surface area contributed by atoms with Crippen molar-refractivity contribution in [3.8, 4) is 5.75 Å². The van der Waals surface area contributed by atoms with Crippen LogP contribution in [0.5, 0.6) is 5.75 Å². The van der Waals surface area contributed by atoms with Gasteiger partial charge in [0.15, 0.2) is 0 Å². The zero-order chi connectivity index (χ0) is 24.2. The zero-order valence-electron chi connectivity index (χ0n) is 19.4. The maximum Gasteiger partial charge on any atom is 0.261 e. The van der Waals surface area contributed by atoms with Crippen molar-refractivity contribution in [2.45, 2.75) is 31.5 Å². The number of benzene rings is 2. The van der Waals surface area contributed by atoms with Crippen LogP contribution in [0.25, 0.3) is 0 Å². The number of aliphatic hydroxyl groups is 1. The molecular weight excluding hydrogens is 428 g/mol. The molecule has 2 atom stereocenters. The summed E-state index contributed by atoms with van der Waals surface area (Å²) in [4.78, 5) is 28.8. The number of carbonyl (C=O) groups is 2. The maximum atomic E-state index is 12.7. The van der Waals surface area contributed by atoms with Gasteiger partial charge in [-0.25, -0.2) is 0 Å². The van der Waals surface area contributed by atoms with Crippen LogP contribution in [0.3, 0.4) is 0 Å². The fraction of sp³-hybridized carbons (Fsp3) is 0.286. The number of fused-ring (bicyclic) bond motifs is 1. The Morgan fingerprint density at radius 2 is 1.76 bits per heavy atom. The Balaban J connectivity index is 1.50. The summed E-state index contributed by atoms with van der Waals surface area (Å²) in [5.41, 5.74) is 4.09. The highest BCUT2D eigenvalue weighted by Crippen LogP contribution is 2.34. The number of nitrogens with zero attached hydrogens (tertiary/aromatic N) is 2. The van der Waals surface area contributed by atoms with Crippen molar-refractivity contribution in [2.75, 3.05) is 20.2 Å². The molecule has 4 rings (SSSR count). The molecule has 2 aliphatic rings. The first kappa shape index (κ1) is 23.7. The maximum absolute atomic E-state index is 12.7. The minimum absolute atomic E-state index is 0.0471. The van der Waals surface area contributed by atoms with Crippen LogP contribution in [0.15, 0.2) is 85.0 Å². The SMILES string of the molecule is C=C/C=C1/CC(N(Cc2ccc(OC)cc2)CC(O)CN2C(=O)c3ccccc3C2=O)CC1=C. The lowest BCUT2D eigenvalue weighted by molar-refractivity contribution is 0.0415. The molecule has 1 aliphatic heterocycles. The Morgan fingerprint density at radius 1 is 1.12 bits per heavy atom. The zero-order valence-corrected chi connectivity index (χ0v) is 19.4. The van der Waals surface area contributed by atoms with E-state index in [2.05, 4.69) is 18.1 Å². The second-order valence-electron chi connectivity index (χ2n) is 8.79. The van der Waals surface area contributed by atoms with Crippen molar-refractivity contribution in [1.29, 1.82) is 0 Å². The van der Waals surface area contributed by atoms with Crippen molar-refractivity contribution in [3.63, 3.8) is 0 Å².